The largest absolute Gasteiger partial charge is 0.493 e. The van der Waals surface area contributed by atoms with Crippen molar-refractivity contribution in [3.63, 3.8) is 0 Å². The molecule has 0 N–H and O–H groups in total. The SMILES string of the molecule is COc1ccc(/C=C/c2cc(/C=C/c3ccc(OC)c(OC)c3)cc(/C=C/c3ccc(OC)c(OC)c3)c2)cc1OC. The molecule has 0 radical (unpaired) electrons. The van der Waals surface area contributed by atoms with Gasteiger partial charge in [0.2, 0.25) is 0 Å². The van der Waals surface area contributed by atoms with Crippen LogP contribution in [-0.4, -0.2) is 42.7 Å². The average Bonchev–Trinajstić information content (AvgIpc) is 3.04. The highest BCUT2D eigenvalue weighted by Crippen LogP contribution is 2.31. The van der Waals surface area contributed by atoms with E-state index in [1.54, 1.807) is 42.7 Å². The lowest BCUT2D eigenvalue weighted by Gasteiger charge is -2.08. The molecule has 0 aromatic heterocycles. The molecule has 6 heteroatoms. The van der Waals surface area contributed by atoms with E-state index >= 15 is 0 Å². The number of ether oxygens (including phenoxy) is 6. The predicted molar refractivity (Wildman–Crippen MR) is 172 cm³/mol. The summed E-state index contributed by atoms with van der Waals surface area (Å²) >= 11 is 0. The maximum atomic E-state index is 5.47. The van der Waals surface area contributed by atoms with Crippen molar-refractivity contribution >= 4 is 36.5 Å². The van der Waals surface area contributed by atoms with Gasteiger partial charge >= 0.3 is 0 Å². The van der Waals surface area contributed by atoms with Crippen molar-refractivity contribution in [2.24, 2.45) is 0 Å². The van der Waals surface area contributed by atoms with E-state index < -0.39 is 0 Å². The Labute approximate surface area is 248 Å². The highest BCUT2D eigenvalue weighted by atomic mass is 16.5. The van der Waals surface area contributed by atoms with Crippen LogP contribution in [0.4, 0.5) is 0 Å². The fourth-order valence-corrected chi connectivity index (χ4v) is 4.44. The fourth-order valence-electron chi connectivity index (χ4n) is 4.44. The fraction of sp³-hybridized carbons (Fsp3) is 0.167. The van der Waals surface area contributed by atoms with Gasteiger partial charge in [-0.15, -0.1) is 0 Å². The van der Waals surface area contributed by atoms with Crippen molar-refractivity contribution in [1.29, 1.82) is 0 Å². The molecule has 0 amide bonds. The number of methoxy groups -OCH3 is 6. The van der Waals surface area contributed by atoms with Gasteiger partial charge in [-0.1, -0.05) is 54.7 Å². The summed E-state index contributed by atoms with van der Waals surface area (Å²) in [6.07, 6.45) is 12.4. The third-order valence-electron chi connectivity index (χ3n) is 6.63. The Bertz CT molecular complexity index is 1400. The van der Waals surface area contributed by atoms with Gasteiger partial charge in [-0.2, -0.15) is 0 Å². The molecule has 0 aliphatic heterocycles. The molecule has 0 aliphatic carbocycles. The third-order valence-corrected chi connectivity index (χ3v) is 6.63. The standard InChI is InChI=1S/C36H36O6/c1-37-31-16-13-25(22-34(31)40-4)7-10-28-19-29(11-8-26-14-17-32(38-2)35(23-26)41-5)21-30(20-28)12-9-27-15-18-33(39-3)36(24-27)42-6/h7-24H,1-6H3/b10-7+,11-8+,12-9+. The first kappa shape index (κ1) is 29.9. The van der Waals surface area contributed by atoms with E-state index in [1.807, 2.05) is 54.6 Å². The van der Waals surface area contributed by atoms with E-state index in [2.05, 4.69) is 54.7 Å². The second-order valence-electron chi connectivity index (χ2n) is 9.28. The molecular weight excluding hydrogens is 528 g/mol. The van der Waals surface area contributed by atoms with Crippen molar-refractivity contribution < 1.29 is 28.4 Å². The molecule has 0 aliphatic rings. The Balaban J connectivity index is 1.69. The Morgan fingerprint density at radius 3 is 0.762 bits per heavy atom. The number of hydrogen-bond acceptors (Lipinski definition) is 6. The molecule has 4 rings (SSSR count). The summed E-state index contributed by atoms with van der Waals surface area (Å²) < 4.78 is 32.5. The first-order chi connectivity index (χ1) is 20.5. The van der Waals surface area contributed by atoms with E-state index in [0.717, 1.165) is 33.4 Å². The second kappa shape index (κ2) is 14.5. The van der Waals surface area contributed by atoms with Gasteiger partial charge in [0.1, 0.15) is 0 Å². The zero-order valence-corrected chi connectivity index (χ0v) is 24.8. The zero-order chi connectivity index (χ0) is 29.9. The van der Waals surface area contributed by atoms with E-state index in [1.165, 1.54) is 0 Å². The van der Waals surface area contributed by atoms with Gasteiger partial charge in [-0.25, -0.2) is 0 Å². The third kappa shape index (κ3) is 7.55. The van der Waals surface area contributed by atoms with Gasteiger partial charge in [0.15, 0.2) is 34.5 Å². The second-order valence-corrected chi connectivity index (χ2v) is 9.28. The van der Waals surface area contributed by atoms with Crippen LogP contribution in [0.25, 0.3) is 36.5 Å². The highest BCUT2D eigenvalue weighted by Gasteiger charge is 2.06. The molecule has 4 aromatic rings. The van der Waals surface area contributed by atoms with Crippen molar-refractivity contribution in [3.05, 3.63) is 106 Å². The summed E-state index contributed by atoms with van der Waals surface area (Å²) in [4.78, 5) is 0. The van der Waals surface area contributed by atoms with Crippen LogP contribution < -0.4 is 28.4 Å². The first-order valence-corrected chi connectivity index (χ1v) is 13.4. The van der Waals surface area contributed by atoms with Crippen LogP contribution in [-0.2, 0) is 0 Å². The highest BCUT2D eigenvalue weighted by molar-refractivity contribution is 5.79. The lowest BCUT2D eigenvalue weighted by Crippen LogP contribution is -1.90. The Hall–Kier alpha value is -5.10. The lowest BCUT2D eigenvalue weighted by atomic mass is 10.0. The van der Waals surface area contributed by atoms with E-state index in [9.17, 15) is 0 Å². The van der Waals surface area contributed by atoms with Gasteiger partial charge in [0.05, 0.1) is 42.7 Å². The minimum absolute atomic E-state index is 0.685. The van der Waals surface area contributed by atoms with E-state index in [0.29, 0.717) is 34.5 Å². The summed E-state index contributed by atoms with van der Waals surface area (Å²) in [5.74, 6) is 4.14. The molecule has 216 valence electrons. The molecule has 0 spiro atoms. The average molecular weight is 565 g/mol. The van der Waals surface area contributed by atoms with Crippen molar-refractivity contribution in [1.82, 2.24) is 0 Å². The van der Waals surface area contributed by atoms with Crippen molar-refractivity contribution in [2.45, 2.75) is 0 Å². The Morgan fingerprint density at radius 1 is 0.286 bits per heavy atom. The van der Waals surface area contributed by atoms with Gasteiger partial charge in [-0.3, -0.25) is 0 Å². The molecular formula is C36H36O6. The molecule has 42 heavy (non-hydrogen) atoms. The molecule has 0 saturated heterocycles. The number of benzene rings is 4. The summed E-state index contributed by atoms with van der Waals surface area (Å²) in [6, 6.07) is 24.0. The number of hydrogen-bond donors (Lipinski definition) is 0. The molecule has 4 aromatic carbocycles. The summed E-state index contributed by atoms with van der Waals surface area (Å²) in [5, 5.41) is 0. The smallest absolute Gasteiger partial charge is 0.161 e. The van der Waals surface area contributed by atoms with Crippen molar-refractivity contribution in [2.75, 3.05) is 42.7 Å². The van der Waals surface area contributed by atoms with Gasteiger partial charge in [-0.05, 0) is 88.0 Å². The van der Waals surface area contributed by atoms with Gasteiger partial charge < -0.3 is 28.4 Å². The first-order valence-electron chi connectivity index (χ1n) is 13.4. The molecule has 0 heterocycles. The lowest BCUT2D eigenvalue weighted by molar-refractivity contribution is 0.355. The monoisotopic (exact) mass is 564 g/mol. The summed E-state index contributed by atoms with van der Waals surface area (Å²) in [6.45, 7) is 0. The van der Waals surface area contributed by atoms with Crippen molar-refractivity contribution in [3.8, 4) is 34.5 Å². The van der Waals surface area contributed by atoms with E-state index in [4.69, 9.17) is 28.4 Å². The van der Waals surface area contributed by atoms with Crippen LogP contribution in [0.15, 0.2) is 72.8 Å². The maximum absolute atomic E-state index is 5.47. The Morgan fingerprint density at radius 2 is 0.524 bits per heavy atom. The maximum Gasteiger partial charge on any atom is 0.161 e. The van der Waals surface area contributed by atoms with Crippen LogP contribution in [0.5, 0.6) is 34.5 Å². The summed E-state index contributed by atoms with van der Waals surface area (Å²) in [7, 11) is 9.80. The van der Waals surface area contributed by atoms with Crippen LogP contribution >= 0.6 is 0 Å². The van der Waals surface area contributed by atoms with Crippen LogP contribution in [0, 0.1) is 0 Å². The molecule has 0 fully saturated rings. The normalized spacial score (nSPS) is 11.3. The predicted octanol–water partition coefficient (Wildman–Crippen LogP) is 8.25. The summed E-state index contributed by atoms with van der Waals surface area (Å²) in [5.41, 5.74) is 6.15. The minimum Gasteiger partial charge on any atom is -0.493 e. The molecule has 0 atom stereocenters. The Kier molecular flexibility index (Phi) is 10.3. The van der Waals surface area contributed by atoms with Crippen LogP contribution in [0.2, 0.25) is 0 Å². The van der Waals surface area contributed by atoms with Gasteiger partial charge in [0, 0.05) is 0 Å². The zero-order valence-electron chi connectivity index (χ0n) is 24.8. The van der Waals surface area contributed by atoms with Crippen LogP contribution in [0.3, 0.4) is 0 Å². The molecule has 6 nitrogen and oxygen atoms in total. The number of rotatable bonds is 12. The quantitative estimate of drug-likeness (QED) is 0.162. The van der Waals surface area contributed by atoms with E-state index in [-0.39, 0.29) is 0 Å². The van der Waals surface area contributed by atoms with Gasteiger partial charge in [0.25, 0.3) is 0 Å². The topological polar surface area (TPSA) is 55.4 Å². The minimum atomic E-state index is 0.685. The molecule has 0 bridgehead atoms. The molecule has 0 unspecified atom stereocenters. The van der Waals surface area contributed by atoms with Crippen LogP contribution in [0.1, 0.15) is 33.4 Å². The molecule has 0 saturated carbocycles.